The Labute approximate surface area is 97.4 Å². The van der Waals surface area contributed by atoms with E-state index < -0.39 is 0 Å². The van der Waals surface area contributed by atoms with Crippen LogP contribution in [0.3, 0.4) is 0 Å². The number of hydrogen-bond acceptors (Lipinski definition) is 5. The molecule has 0 radical (unpaired) electrons. The van der Waals surface area contributed by atoms with Crippen LogP contribution in [-0.2, 0) is 0 Å². The van der Waals surface area contributed by atoms with Crippen molar-refractivity contribution in [2.24, 2.45) is 0 Å². The van der Waals surface area contributed by atoms with Crippen molar-refractivity contribution in [1.29, 1.82) is 0 Å². The van der Waals surface area contributed by atoms with Gasteiger partial charge >= 0.3 is 0 Å². The summed E-state index contributed by atoms with van der Waals surface area (Å²) in [6.45, 7) is 0. The van der Waals surface area contributed by atoms with Crippen molar-refractivity contribution in [2.75, 3.05) is 5.73 Å². The van der Waals surface area contributed by atoms with Crippen LogP contribution in [0.25, 0.3) is 22.4 Å². The molecular formula is C12H9N5. The Hall–Kier alpha value is -2.56. The third-order valence-electron chi connectivity index (χ3n) is 2.43. The Morgan fingerprint density at radius 1 is 0.882 bits per heavy atom. The van der Waals surface area contributed by atoms with E-state index in [0.717, 1.165) is 5.39 Å². The highest BCUT2D eigenvalue weighted by Gasteiger charge is 2.05. The zero-order chi connectivity index (χ0) is 11.7. The van der Waals surface area contributed by atoms with Crippen LogP contribution >= 0.6 is 0 Å². The molecule has 3 aromatic heterocycles. The predicted molar refractivity (Wildman–Crippen MR) is 65.0 cm³/mol. The zero-order valence-corrected chi connectivity index (χ0v) is 8.91. The summed E-state index contributed by atoms with van der Waals surface area (Å²) in [5.41, 5.74) is 7.16. The van der Waals surface area contributed by atoms with Crippen LogP contribution in [0.5, 0.6) is 0 Å². The Morgan fingerprint density at radius 3 is 2.53 bits per heavy atom. The number of anilines is 1. The van der Waals surface area contributed by atoms with E-state index in [1.54, 1.807) is 24.7 Å². The Balaban J connectivity index is 2.23. The van der Waals surface area contributed by atoms with E-state index in [9.17, 15) is 0 Å². The third kappa shape index (κ3) is 1.67. The first-order valence-electron chi connectivity index (χ1n) is 5.13. The molecule has 2 N–H and O–H groups in total. The van der Waals surface area contributed by atoms with Crippen molar-refractivity contribution in [3.63, 3.8) is 0 Å². The van der Waals surface area contributed by atoms with E-state index in [2.05, 4.69) is 19.9 Å². The summed E-state index contributed by atoms with van der Waals surface area (Å²) < 4.78 is 0. The molecule has 0 fully saturated rings. The van der Waals surface area contributed by atoms with Gasteiger partial charge in [-0.15, -0.1) is 0 Å². The Kier molecular flexibility index (Phi) is 2.15. The molecule has 82 valence electrons. The van der Waals surface area contributed by atoms with Crippen molar-refractivity contribution in [3.8, 4) is 11.5 Å². The lowest BCUT2D eigenvalue weighted by molar-refractivity contribution is 1.15. The molecule has 0 atom stereocenters. The number of nitrogen functional groups attached to an aromatic ring is 1. The minimum atomic E-state index is 0.417. The lowest BCUT2D eigenvalue weighted by Gasteiger charge is -2.02. The summed E-state index contributed by atoms with van der Waals surface area (Å²) >= 11 is 0. The molecule has 3 heterocycles. The molecular weight excluding hydrogens is 214 g/mol. The van der Waals surface area contributed by atoms with Gasteiger partial charge in [-0.25, -0.2) is 19.9 Å². The number of nitrogens with two attached hydrogens (primary N) is 1. The van der Waals surface area contributed by atoms with Gasteiger partial charge in [-0.3, -0.25) is 0 Å². The smallest absolute Gasteiger partial charge is 0.178 e. The third-order valence-corrected chi connectivity index (χ3v) is 2.43. The zero-order valence-electron chi connectivity index (χ0n) is 8.91. The van der Waals surface area contributed by atoms with Gasteiger partial charge in [0, 0.05) is 24.0 Å². The molecule has 0 spiro atoms. The van der Waals surface area contributed by atoms with E-state index in [0.29, 0.717) is 22.9 Å². The van der Waals surface area contributed by atoms with Crippen LogP contribution in [0.4, 0.5) is 5.82 Å². The van der Waals surface area contributed by atoms with Crippen LogP contribution in [0.2, 0.25) is 0 Å². The van der Waals surface area contributed by atoms with E-state index in [1.807, 2.05) is 18.2 Å². The summed E-state index contributed by atoms with van der Waals surface area (Å²) in [5, 5.41) is 0.956. The molecule has 5 heteroatoms. The van der Waals surface area contributed by atoms with Crippen molar-refractivity contribution in [3.05, 3.63) is 42.9 Å². The van der Waals surface area contributed by atoms with Crippen LogP contribution in [-0.4, -0.2) is 19.9 Å². The van der Waals surface area contributed by atoms with Crippen molar-refractivity contribution >= 4 is 16.7 Å². The van der Waals surface area contributed by atoms with Gasteiger partial charge < -0.3 is 5.73 Å². The summed E-state index contributed by atoms with van der Waals surface area (Å²) in [4.78, 5) is 16.8. The van der Waals surface area contributed by atoms with E-state index >= 15 is 0 Å². The quantitative estimate of drug-likeness (QED) is 0.679. The lowest BCUT2D eigenvalue weighted by atomic mass is 10.2. The monoisotopic (exact) mass is 223 g/mol. The lowest BCUT2D eigenvalue weighted by Crippen LogP contribution is -1.96. The molecule has 0 aliphatic heterocycles. The molecule has 0 aromatic carbocycles. The number of fused-ring (bicyclic) bond motifs is 1. The standard InChI is InChI=1S/C12H9N5/c13-11-10-8(4-7-14-11)2-3-9(17-10)12-15-5-1-6-16-12/h1-7H,(H2,13,14). The molecule has 5 nitrogen and oxygen atoms in total. The van der Waals surface area contributed by atoms with E-state index in [-0.39, 0.29) is 0 Å². The Bertz CT molecular complexity index is 666. The highest BCUT2D eigenvalue weighted by Crippen LogP contribution is 2.20. The molecule has 0 aliphatic carbocycles. The number of aromatic nitrogens is 4. The van der Waals surface area contributed by atoms with Crippen LogP contribution < -0.4 is 5.73 Å². The molecule has 3 aromatic rings. The first-order chi connectivity index (χ1) is 8.34. The molecule has 0 aliphatic rings. The van der Waals surface area contributed by atoms with Gasteiger partial charge in [0.05, 0.1) is 0 Å². The fraction of sp³-hybridized carbons (Fsp3) is 0. The molecule has 0 saturated carbocycles. The van der Waals surface area contributed by atoms with Crippen LogP contribution in [0.15, 0.2) is 42.9 Å². The summed E-state index contributed by atoms with van der Waals surface area (Å²) in [6, 6.07) is 7.44. The summed E-state index contributed by atoms with van der Waals surface area (Å²) in [5.74, 6) is 0.998. The van der Waals surface area contributed by atoms with Crippen LogP contribution in [0.1, 0.15) is 0 Å². The van der Waals surface area contributed by atoms with Gasteiger partial charge in [-0.1, -0.05) is 6.07 Å². The highest BCUT2D eigenvalue weighted by atomic mass is 14.9. The van der Waals surface area contributed by atoms with Crippen LogP contribution in [0, 0.1) is 0 Å². The second kappa shape index (κ2) is 3.79. The number of pyridine rings is 2. The molecule has 0 saturated heterocycles. The molecule has 17 heavy (non-hydrogen) atoms. The summed E-state index contributed by atoms with van der Waals surface area (Å²) in [7, 11) is 0. The van der Waals surface area contributed by atoms with Gasteiger partial charge in [-0.2, -0.15) is 0 Å². The van der Waals surface area contributed by atoms with E-state index in [4.69, 9.17) is 5.73 Å². The number of nitrogens with zero attached hydrogens (tertiary/aromatic N) is 4. The maximum absolute atomic E-state index is 5.79. The first kappa shape index (κ1) is 9.65. The largest absolute Gasteiger partial charge is 0.382 e. The average Bonchev–Trinajstić information content (AvgIpc) is 2.40. The molecule has 0 bridgehead atoms. The van der Waals surface area contributed by atoms with Gasteiger partial charge in [0.25, 0.3) is 0 Å². The topological polar surface area (TPSA) is 77.6 Å². The SMILES string of the molecule is Nc1nccc2ccc(-c3ncccn3)nc12. The van der Waals surface area contributed by atoms with Gasteiger partial charge in [0.15, 0.2) is 5.82 Å². The van der Waals surface area contributed by atoms with Gasteiger partial charge in [-0.05, 0) is 18.2 Å². The molecule has 0 unspecified atom stereocenters. The fourth-order valence-corrected chi connectivity index (χ4v) is 1.62. The molecule has 0 amide bonds. The number of rotatable bonds is 1. The molecule has 3 rings (SSSR count). The Morgan fingerprint density at radius 2 is 1.71 bits per heavy atom. The second-order valence-corrected chi connectivity index (χ2v) is 3.54. The highest BCUT2D eigenvalue weighted by molar-refractivity contribution is 5.88. The first-order valence-corrected chi connectivity index (χ1v) is 5.13. The van der Waals surface area contributed by atoms with Gasteiger partial charge in [0.2, 0.25) is 0 Å². The maximum atomic E-state index is 5.79. The number of hydrogen-bond donors (Lipinski definition) is 1. The predicted octanol–water partition coefficient (Wildman–Crippen LogP) is 1.67. The van der Waals surface area contributed by atoms with Gasteiger partial charge in [0.1, 0.15) is 17.0 Å². The van der Waals surface area contributed by atoms with Crippen molar-refractivity contribution < 1.29 is 0 Å². The van der Waals surface area contributed by atoms with Crippen molar-refractivity contribution in [2.45, 2.75) is 0 Å². The van der Waals surface area contributed by atoms with Crippen molar-refractivity contribution in [1.82, 2.24) is 19.9 Å². The fourth-order valence-electron chi connectivity index (χ4n) is 1.62. The van der Waals surface area contributed by atoms with E-state index in [1.165, 1.54) is 0 Å². The summed E-state index contributed by atoms with van der Waals surface area (Å²) in [6.07, 6.45) is 5.03. The minimum absolute atomic E-state index is 0.417. The normalized spacial score (nSPS) is 10.6. The average molecular weight is 223 g/mol. The second-order valence-electron chi connectivity index (χ2n) is 3.54. The maximum Gasteiger partial charge on any atom is 0.178 e. The minimum Gasteiger partial charge on any atom is -0.382 e.